The number of aliphatic imine (C=N–C) groups is 1. The highest BCUT2D eigenvalue weighted by Gasteiger charge is 2.36. The van der Waals surface area contributed by atoms with E-state index in [1.54, 1.807) is 11.0 Å². The summed E-state index contributed by atoms with van der Waals surface area (Å²) in [4.78, 5) is 19.6. The van der Waals surface area contributed by atoms with E-state index in [0.717, 1.165) is 41.9 Å². The molecule has 1 fully saturated rings. The molecule has 0 N–H and O–H groups in total. The van der Waals surface area contributed by atoms with Gasteiger partial charge < -0.3 is 4.90 Å². The second kappa shape index (κ2) is 6.02. The van der Waals surface area contributed by atoms with Crippen LogP contribution in [0.3, 0.4) is 0 Å². The highest BCUT2D eigenvalue weighted by atomic mass is 35.5. The molecule has 2 aromatic carbocycles. The quantitative estimate of drug-likeness (QED) is 0.764. The summed E-state index contributed by atoms with van der Waals surface area (Å²) >= 11 is 6.17. The molecule has 5 heteroatoms. The van der Waals surface area contributed by atoms with Crippen molar-refractivity contribution in [3.8, 4) is 0 Å². The maximum Gasteiger partial charge on any atom is 0.236 e. The van der Waals surface area contributed by atoms with Crippen molar-refractivity contribution >= 4 is 34.6 Å². The van der Waals surface area contributed by atoms with Crippen molar-refractivity contribution in [2.45, 2.75) is 25.8 Å². The minimum Gasteiger partial charge on any atom is -0.305 e. The molecule has 0 spiro atoms. The highest BCUT2D eigenvalue weighted by molar-refractivity contribution is 6.31. The van der Waals surface area contributed by atoms with E-state index in [0.29, 0.717) is 11.6 Å². The molecule has 0 radical (unpaired) electrons. The van der Waals surface area contributed by atoms with Crippen LogP contribution in [0, 0.1) is 11.7 Å². The second-order valence-electron chi connectivity index (χ2n) is 6.20. The Balaban J connectivity index is 1.78. The van der Waals surface area contributed by atoms with Gasteiger partial charge in [0, 0.05) is 10.7 Å². The monoisotopic (exact) mass is 342 g/mol. The van der Waals surface area contributed by atoms with Crippen molar-refractivity contribution in [2.24, 2.45) is 10.9 Å². The zero-order chi connectivity index (χ0) is 16.7. The third kappa shape index (κ3) is 2.61. The predicted octanol–water partition coefficient (Wildman–Crippen LogP) is 4.90. The molecule has 1 heterocycles. The summed E-state index contributed by atoms with van der Waals surface area (Å²) in [5.74, 6) is -0.485. The van der Waals surface area contributed by atoms with E-state index in [2.05, 4.69) is 0 Å². The van der Waals surface area contributed by atoms with Crippen LogP contribution in [0.1, 0.15) is 24.8 Å². The van der Waals surface area contributed by atoms with Gasteiger partial charge in [-0.1, -0.05) is 29.8 Å². The third-order valence-electron chi connectivity index (χ3n) is 4.67. The molecule has 1 aliphatic heterocycles. The molecular weight excluding hydrogens is 327 g/mol. The minimum atomic E-state index is -0.382. The van der Waals surface area contributed by atoms with Crippen LogP contribution in [0.2, 0.25) is 5.02 Å². The van der Waals surface area contributed by atoms with Crippen molar-refractivity contribution in [3.05, 3.63) is 58.9 Å². The average molecular weight is 343 g/mol. The Kier molecular flexibility index (Phi) is 3.85. The molecule has 122 valence electrons. The van der Waals surface area contributed by atoms with Gasteiger partial charge in [-0.2, -0.15) is 0 Å². The second-order valence-corrected chi connectivity index (χ2v) is 6.60. The first-order chi connectivity index (χ1) is 11.6. The number of fused-ring (bicyclic) bond motifs is 2. The highest BCUT2D eigenvalue weighted by Crippen LogP contribution is 2.39. The van der Waals surface area contributed by atoms with E-state index >= 15 is 0 Å². The van der Waals surface area contributed by atoms with Crippen LogP contribution in [0.15, 0.2) is 47.5 Å². The van der Waals surface area contributed by atoms with Crippen molar-refractivity contribution in [2.75, 3.05) is 4.90 Å². The molecule has 0 saturated heterocycles. The molecule has 1 aliphatic carbocycles. The zero-order valence-corrected chi connectivity index (χ0v) is 13.8. The van der Waals surface area contributed by atoms with Crippen molar-refractivity contribution < 1.29 is 9.18 Å². The molecular formula is C19H16ClFN2O. The number of rotatable bonds is 2. The van der Waals surface area contributed by atoms with Crippen LogP contribution in [-0.2, 0) is 11.3 Å². The molecule has 2 aromatic rings. The standard InChI is InChI=1S/C19H16ClFN2O/c20-15-10-13(21)9-8-12(15)11-23-18-7-2-1-5-17(18)22-16-6-3-4-14(16)19(23)24/h1-2,5,7-10,14H,3-4,6,11H2. The number of carbonyl (C=O) groups is 1. The predicted molar refractivity (Wildman–Crippen MR) is 93.5 cm³/mol. The van der Waals surface area contributed by atoms with Crippen molar-refractivity contribution in [1.82, 2.24) is 0 Å². The smallest absolute Gasteiger partial charge is 0.236 e. The van der Waals surface area contributed by atoms with Crippen LogP contribution in [0.5, 0.6) is 0 Å². The first kappa shape index (κ1) is 15.3. The maximum atomic E-state index is 13.3. The van der Waals surface area contributed by atoms with Gasteiger partial charge in [-0.15, -0.1) is 0 Å². The summed E-state index contributed by atoms with van der Waals surface area (Å²) in [6.07, 6.45) is 2.69. The Hall–Kier alpha value is -2.20. The Morgan fingerprint density at radius 2 is 2.08 bits per heavy atom. The fourth-order valence-electron chi connectivity index (χ4n) is 3.46. The summed E-state index contributed by atoms with van der Waals surface area (Å²) in [5, 5.41) is 0.331. The summed E-state index contributed by atoms with van der Waals surface area (Å²) in [5.41, 5.74) is 3.29. The molecule has 0 bridgehead atoms. The number of benzene rings is 2. The molecule has 3 nitrogen and oxygen atoms in total. The normalized spacial score (nSPS) is 19.6. The lowest BCUT2D eigenvalue weighted by atomic mass is 10.0. The van der Waals surface area contributed by atoms with Gasteiger partial charge >= 0.3 is 0 Å². The van der Waals surface area contributed by atoms with Gasteiger partial charge in [0.25, 0.3) is 0 Å². The van der Waals surface area contributed by atoms with Crippen LogP contribution >= 0.6 is 11.6 Å². The van der Waals surface area contributed by atoms with E-state index < -0.39 is 0 Å². The van der Waals surface area contributed by atoms with Crippen molar-refractivity contribution in [3.63, 3.8) is 0 Å². The summed E-state index contributed by atoms with van der Waals surface area (Å²) < 4.78 is 13.3. The molecule has 1 unspecified atom stereocenters. The van der Waals surface area contributed by atoms with E-state index in [1.165, 1.54) is 12.1 Å². The van der Waals surface area contributed by atoms with Gasteiger partial charge in [0.15, 0.2) is 0 Å². The Morgan fingerprint density at radius 3 is 2.92 bits per heavy atom. The lowest BCUT2D eigenvalue weighted by Gasteiger charge is -2.25. The largest absolute Gasteiger partial charge is 0.305 e. The van der Waals surface area contributed by atoms with Crippen molar-refractivity contribution in [1.29, 1.82) is 0 Å². The van der Waals surface area contributed by atoms with Crippen LogP contribution in [0.4, 0.5) is 15.8 Å². The fraction of sp³-hybridized carbons (Fsp3) is 0.263. The van der Waals surface area contributed by atoms with Gasteiger partial charge in [-0.25, -0.2) is 4.39 Å². The topological polar surface area (TPSA) is 32.7 Å². The number of amides is 1. The van der Waals surface area contributed by atoms with E-state index in [1.807, 2.05) is 24.3 Å². The molecule has 2 aliphatic rings. The number of halogens is 2. The number of nitrogens with zero attached hydrogens (tertiary/aromatic N) is 2. The number of hydrogen-bond acceptors (Lipinski definition) is 2. The van der Waals surface area contributed by atoms with Gasteiger partial charge in [0.2, 0.25) is 5.91 Å². The number of carbonyl (C=O) groups excluding carboxylic acids is 1. The first-order valence-corrected chi connectivity index (χ1v) is 8.43. The lowest BCUT2D eigenvalue weighted by molar-refractivity contribution is -0.120. The molecule has 1 amide bonds. The zero-order valence-electron chi connectivity index (χ0n) is 13.0. The lowest BCUT2D eigenvalue weighted by Crippen LogP contribution is -2.36. The molecule has 1 atom stereocenters. The number of anilines is 1. The van der Waals surface area contributed by atoms with Gasteiger partial charge in [0.05, 0.1) is 23.8 Å². The minimum absolute atomic E-state index is 0.0524. The van der Waals surface area contributed by atoms with Gasteiger partial charge in [-0.3, -0.25) is 9.79 Å². The third-order valence-corrected chi connectivity index (χ3v) is 5.02. The van der Waals surface area contributed by atoms with Gasteiger partial charge in [-0.05, 0) is 49.1 Å². The van der Waals surface area contributed by atoms with E-state index in [-0.39, 0.29) is 17.6 Å². The number of para-hydroxylation sites is 2. The molecule has 4 rings (SSSR count). The Morgan fingerprint density at radius 1 is 1.25 bits per heavy atom. The SMILES string of the molecule is O=C1C2CCCC2=Nc2ccccc2N1Cc1ccc(F)cc1Cl. The maximum absolute atomic E-state index is 13.3. The summed E-state index contributed by atoms with van der Waals surface area (Å²) in [6, 6.07) is 11.9. The van der Waals surface area contributed by atoms with Crippen LogP contribution < -0.4 is 4.90 Å². The van der Waals surface area contributed by atoms with Crippen LogP contribution in [0.25, 0.3) is 0 Å². The Bertz CT molecular complexity index is 849. The molecule has 1 saturated carbocycles. The van der Waals surface area contributed by atoms with Crippen LogP contribution in [-0.4, -0.2) is 11.6 Å². The van der Waals surface area contributed by atoms with E-state index in [4.69, 9.17) is 16.6 Å². The fourth-order valence-corrected chi connectivity index (χ4v) is 3.69. The summed E-state index contributed by atoms with van der Waals surface area (Å²) in [6.45, 7) is 0.314. The molecule has 0 aromatic heterocycles. The summed E-state index contributed by atoms with van der Waals surface area (Å²) in [7, 11) is 0. The number of hydrogen-bond donors (Lipinski definition) is 0. The first-order valence-electron chi connectivity index (χ1n) is 8.05. The average Bonchev–Trinajstić information content (AvgIpc) is 2.99. The van der Waals surface area contributed by atoms with E-state index in [9.17, 15) is 9.18 Å². The molecule has 24 heavy (non-hydrogen) atoms. The van der Waals surface area contributed by atoms with Gasteiger partial charge in [0.1, 0.15) is 5.82 Å². The Labute approximate surface area is 144 Å².